The molecule has 0 radical (unpaired) electrons. The maximum Gasteiger partial charge on any atom is 0.446 e. The van der Waals surface area contributed by atoms with Crippen molar-refractivity contribution in [3.63, 3.8) is 0 Å². The number of benzene rings is 2. The highest BCUT2D eigenvalue weighted by Crippen LogP contribution is 2.36. The van der Waals surface area contributed by atoms with Gasteiger partial charge >= 0.3 is 11.5 Å². The van der Waals surface area contributed by atoms with Crippen LogP contribution in [0.2, 0.25) is 0 Å². The Morgan fingerprint density at radius 1 is 1.00 bits per heavy atom. The monoisotopic (exact) mass is 457 g/mol. The second-order valence-corrected chi connectivity index (χ2v) is 7.38. The standard InChI is InChI=1S/C21H22F3NO5S/c1-4-25(12-14-5-10-17(28-2)18(11-14)29-3)19(26)13-30-20(27)15-6-8-16(9-7-15)31-21(22,23)24/h5-11H,4,12-13H2,1-3H3. The zero-order valence-corrected chi connectivity index (χ0v) is 18.0. The summed E-state index contributed by atoms with van der Waals surface area (Å²) in [5.74, 6) is -0.106. The number of nitrogens with zero attached hydrogens (tertiary/aromatic N) is 1. The van der Waals surface area contributed by atoms with Crippen molar-refractivity contribution in [1.82, 2.24) is 4.90 Å². The topological polar surface area (TPSA) is 65.1 Å². The third kappa shape index (κ3) is 7.39. The van der Waals surface area contributed by atoms with Gasteiger partial charge in [0, 0.05) is 18.0 Å². The molecule has 6 nitrogen and oxygen atoms in total. The highest BCUT2D eigenvalue weighted by atomic mass is 32.2. The number of esters is 1. The molecule has 0 aliphatic heterocycles. The van der Waals surface area contributed by atoms with E-state index in [4.69, 9.17) is 14.2 Å². The number of alkyl halides is 3. The summed E-state index contributed by atoms with van der Waals surface area (Å²) in [6, 6.07) is 10.1. The fourth-order valence-corrected chi connectivity index (χ4v) is 3.21. The first kappa shape index (κ1) is 24.4. The lowest BCUT2D eigenvalue weighted by Gasteiger charge is -2.21. The zero-order chi connectivity index (χ0) is 23.0. The number of carbonyl (C=O) groups is 2. The quantitative estimate of drug-likeness (QED) is 0.408. The molecule has 0 N–H and O–H groups in total. The van der Waals surface area contributed by atoms with E-state index in [0.717, 1.165) is 5.56 Å². The van der Waals surface area contributed by atoms with Crippen LogP contribution in [0, 0.1) is 0 Å². The fourth-order valence-electron chi connectivity index (χ4n) is 2.67. The average Bonchev–Trinajstić information content (AvgIpc) is 2.74. The number of hydrogen-bond donors (Lipinski definition) is 0. The van der Waals surface area contributed by atoms with Crippen LogP contribution in [-0.4, -0.2) is 49.7 Å². The third-order valence-corrected chi connectivity index (χ3v) is 4.95. The van der Waals surface area contributed by atoms with Gasteiger partial charge in [-0.05, 0) is 60.6 Å². The summed E-state index contributed by atoms with van der Waals surface area (Å²) in [4.78, 5) is 26.0. The number of methoxy groups -OCH3 is 2. The van der Waals surface area contributed by atoms with Gasteiger partial charge in [-0.3, -0.25) is 4.79 Å². The van der Waals surface area contributed by atoms with Crippen molar-refractivity contribution in [2.75, 3.05) is 27.4 Å². The third-order valence-electron chi connectivity index (χ3n) is 4.21. The van der Waals surface area contributed by atoms with Crippen LogP contribution in [0.15, 0.2) is 47.4 Å². The summed E-state index contributed by atoms with van der Waals surface area (Å²) < 4.78 is 52.6. The fraction of sp³-hybridized carbons (Fsp3) is 0.333. The van der Waals surface area contributed by atoms with Crippen LogP contribution in [0.1, 0.15) is 22.8 Å². The molecular weight excluding hydrogens is 435 g/mol. The first-order chi connectivity index (χ1) is 14.7. The van der Waals surface area contributed by atoms with E-state index in [9.17, 15) is 22.8 Å². The van der Waals surface area contributed by atoms with Crippen LogP contribution in [0.3, 0.4) is 0 Å². The number of carbonyl (C=O) groups excluding carboxylic acids is 2. The molecule has 0 atom stereocenters. The highest BCUT2D eigenvalue weighted by Gasteiger charge is 2.29. The van der Waals surface area contributed by atoms with Crippen molar-refractivity contribution in [2.24, 2.45) is 0 Å². The number of likely N-dealkylation sites (N-methyl/N-ethyl adjacent to an activating group) is 1. The van der Waals surface area contributed by atoms with E-state index >= 15 is 0 Å². The molecule has 31 heavy (non-hydrogen) atoms. The lowest BCUT2D eigenvalue weighted by molar-refractivity contribution is -0.134. The Balaban J connectivity index is 1.94. The summed E-state index contributed by atoms with van der Waals surface area (Å²) in [5.41, 5.74) is -3.55. The van der Waals surface area contributed by atoms with Crippen LogP contribution in [0.25, 0.3) is 0 Å². The molecule has 0 saturated heterocycles. The Morgan fingerprint density at radius 3 is 2.19 bits per heavy atom. The molecule has 0 spiro atoms. The summed E-state index contributed by atoms with van der Waals surface area (Å²) in [6.07, 6.45) is 0. The molecule has 2 rings (SSSR count). The Hall–Kier alpha value is -2.88. The van der Waals surface area contributed by atoms with Gasteiger partial charge in [-0.1, -0.05) is 6.07 Å². The summed E-state index contributed by atoms with van der Waals surface area (Å²) >= 11 is -0.278. The highest BCUT2D eigenvalue weighted by molar-refractivity contribution is 8.00. The largest absolute Gasteiger partial charge is 0.493 e. The second kappa shape index (κ2) is 10.9. The smallest absolute Gasteiger partial charge is 0.446 e. The first-order valence-corrected chi connectivity index (χ1v) is 10.00. The van der Waals surface area contributed by atoms with E-state index in [-0.39, 0.29) is 28.8 Å². The Kier molecular flexibility index (Phi) is 8.61. The molecule has 2 aromatic rings. The van der Waals surface area contributed by atoms with Gasteiger partial charge in [-0.15, -0.1) is 0 Å². The maximum absolute atomic E-state index is 12.5. The lowest BCUT2D eigenvalue weighted by Crippen LogP contribution is -2.34. The molecule has 2 aromatic carbocycles. The van der Waals surface area contributed by atoms with Crippen molar-refractivity contribution in [2.45, 2.75) is 23.9 Å². The molecule has 168 valence electrons. The molecule has 0 fully saturated rings. The Labute approximate surface area is 182 Å². The summed E-state index contributed by atoms with van der Waals surface area (Å²) in [5, 5.41) is 0. The number of hydrogen-bond acceptors (Lipinski definition) is 6. The second-order valence-electron chi connectivity index (χ2n) is 6.25. The van der Waals surface area contributed by atoms with Crippen molar-refractivity contribution < 1.29 is 37.0 Å². The average molecular weight is 457 g/mol. The van der Waals surface area contributed by atoms with Crippen LogP contribution in [0.5, 0.6) is 11.5 Å². The van der Waals surface area contributed by atoms with Gasteiger partial charge in [0.25, 0.3) is 5.91 Å². The normalized spacial score (nSPS) is 11.0. The molecule has 0 aliphatic rings. The number of thioether (sulfide) groups is 1. The van der Waals surface area contributed by atoms with E-state index in [1.54, 1.807) is 25.1 Å². The van der Waals surface area contributed by atoms with Gasteiger partial charge < -0.3 is 19.1 Å². The molecule has 0 aliphatic carbocycles. The molecule has 0 bridgehead atoms. The zero-order valence-electron chi connectivity index (χ0n) is 17.2. The minimum Gasteiger partial charge on any atom is -0.493 e. The predicted octanol–water partition coefficient (Wildman–Crippen LogP) is 4.52. The molecule has 10 heteroatoms. The number of amides is 1. The number of ether oxygens (including phenoxy) is 3. The van der Waals surface area contributed by atoms with Crippen LogP contribution in [-0.2, 0) is 16.1 Å². The minimum absolute atomic E-state index is 0.0489. The number of rotatable bonds is 9. The summed E-state index contributed by atoms with van der Waals surface area (Å²) in [6.45, 7) is 1.96. The van der Waals surface area contributed by atoms with Crippen LogP contribution < -0.4 is 9.47 Å². The molecule has 0 heterocycles. The van der Waals surface area contributed by atoms with Crippen LogP contribution in [0.4, 0.5) is 13.2 Å². The van der Waals surface area contributed by atoms with E-state index in [1.165, 1.54) is 43.4 Å². The summed E-state index contributed by atoms with van der Waals surface area (Å²) in [7, 11) is 3.04. The molecule has 0 saturated carbocycles. The molecule has 1 amide bonds. The van der Waals surface area contributed by atoms with E-state index in [1.807, 2.05) is 0 Å². The van der Waals surface area contributed by atoms with Crippen molar-refractivity contribution in [3.05, 3.63) is 53.6 Å². The molecule has 0 unspecified atom stereocenters. The number of halogens is 3. The Bertz CT molecular complexity index is 903. The first-order valence-electron chi connectivity index (χ1n) is 9.18. The van der Waals surface area contributed by atoms with Crippen molar-refractivity contribution >= 4 is 23.6 Å². The van der Waals surface area contributed by atoms with Crippen molar-refractivity contribution in [1.29, 1.82) is 0 Å². The predicted molar refractivity (Wildman–Crippen MR) is 109 cm³/mol. The van der Waals surface area contributed by atoms with Crippen LogP contribution >= 0.6 is 11.8 Å². The molecular formula is C21H22F3NO5S. The minimum atomic E-state index is -4.41. The lowest BCUT2D eigenvalue weighted by atomic mass is 10.2. The van der Waals surface area contributed by atoms with Crippen molar-refractivity contribution in [3.8, 4) is 11.5 Å². The van der Waals surface area contributed by atoms with Gasteiger partial charge in [-0.25, -0.2) is 4.79 Å². The molecule has 0 aromatic heterocycles. The van der Waals surface area contributed by atoms with Gasteiger partial charge in [0.15, 0.2) is 18.1 Å². The van der Waals surface area contributed by atoms with E-state index in [2.05, 4.69) is 0 Å². The van der Waals surface area contributed by atoms with E-state index in [0.29, 0.717) is 18.0 Å². The van der Waals surface area contributed by atoms with Gasteiger partial charge in [0.1, 0.15) is 0 Å². The van der Waals surface area contributed by atoms with E-state index < -0.39 is 24.0 Å². The maximum atomic E-state index is 12.5. The Morgan fingerprint density at radius 2 is 1.65 bits per heavy atom. The van der Waals surface area contributed by atoms with Gasteiger partial charge in [0.2, 0.25) is 0 Å². The SMILES string of the molecule is CCN(Cc1ccc(OC)c(OC)c1)C(=O)COC(=O)c1ccc(SC(F)(F)F)cc1. The van der Waals surface area contributed by atoms with Gasteiger partial charge in [0.05, 0.1) is 19.8 Å². The van der Waals surface area contributed by atoms with Gasteiger partial charge in [-0.2, -0.15) is 13.2 Å².